The van der Waals surface area contributed by atoms with Crippen molar-refractivity contribution in [1.82, 2.24) is 19.7 Å². The number of ether oxygens (including phenoxy) is 1. The quantitative estimate of drug-likeness (QED) is 0.656. The molecule has 120 valence electrons. The molecule has 5 nitrogen and oxygen atoms in total. The minimum atomic E-state index is 0.684. The number of benzene rings is 1. The summed E-state index contributed by atoms with van der Waals surface area (Å²) in [6.07, 6.45) is 4.82. The summed E-state index contributed by atoms with van der Waals surface area (Å²) in [6.45, 7) is 0.684. The molecule has 0 bridgehead atoms. The van der Waals surface area contributed by atoms with Gasteiger partial charge in [0.05, 0.1) is 24.0 Å². The maximum absolute atomic E-state index is 5.21. The van der Waals surface area contributed by atoms with Gasteiger partial charge in [-0.15, -0.1) is 11.3 Å². The first-order valence-corrected chi connectivity index (χ1v) is 9.52. The van der Waals surface area contributed by atoms with Crippen molar-refractivity contribution in [3.63, 3.8) is 0 Å². The zero-order valence-corrected chi connectivity index (χ0v) is 14.7. The number of methoxy groups -OCH3 is 1. The molecule has 0 unspecified atom stereocenters. The third kappa shape index (κ3) is 3.92. The Morgan fingerprint density at radius 3 is 2.74 bits per heavy atom. The molecule has 3 aromatic rings. The highest BCUT2D eigenvalue weighted by Gasteiger charge is 2.13. The summed E-state index contributed by atoms with van der Waals surface area (Å²) in [7, 11) is 1.67. The number of thioether (sulfide) groups is 1. The summed E-state index contributed by atoms with van der Waals surface area (Å²) in [5.41, 5.74) is 2.99. The second-order valence-corrected chi connectivity index (χ2v) is 6.84. The molecule has 0 amide bonds. The van der Waals surface area contributed by atoms with Gasteiger partial charge in [0.1, 0.15) is 5.75 Å². The average Bonchev–Trinajstić information content (AvgIpc) is 3.23. The molecule has 0 fully saturated rings. The second kappa shape index (κ2) is 7.61. The van der Waals surface area contributed by atoms with Crippen LogP contribution in [0.25, 0.3) is 10.7 Å². The van der Waals surface area contributed by atoms with E-state index < -0.39 is 0 Å². The first-order valence-electron chi connectivity index (χ1n) is 7.24. The molecule has 0 saturated carbocycles. The topological polar surface area (TPSA) is 52.8 Å². The zero-order valence-electron chi connectivity index (χ0n) is 13.1. The number of aromatic nitrogens is 4. The number of thiazole rings is 1. The summed E-state index contributed by atoms with van der Waals surface area (Å²) >= 11 is 3.39. The first kappa shape index (κ1) is 16.0. The molecule has 0 N–H and O–H groups in total. The van der Waals surface area contributed by atoms with Gasteiger partial charge in [0, 0.05) is 18.4 Å². The Hall–Kier alpha value is -1.86. The summed E-state index contributed by atoms with van der Waals surface area (Å²) in [6, 6.07) is 8.04. The molecular weight excluding hydrogens is 328 g/mol. The van der Waals surface area contributed by atoms with E-state index in [0.717, 1.165) is 40.0 Å². The lowest BCUT2D eigenvalue weighted by Crippen LogP contribution is -2.04. The van der Waals surface area contributed by atoms with Crippen LogP contribution < -0.4 is 4.74 Å². The fourth-order valence-corrected chi connectivity index (χ4v) is 3.21. The summed E-state index contributed by atoms with van der Waals surface area (Å²) in [5.74, 6) is 3.65. The van der Waals surface area contributed by atoms with E-state index in [0.29, 0.717) is 6.54 Å². The largest absolute Gasteiger partial charge is 0.497 e. The molecule has 3 rings (SSSR count). The molecule has 0 saturated heterocycles. The van der Waals surface area contributed by atoms with Crippen molar-refractivity contribution >= 4 is 23.1 Å². The van der Waals surface area contributed by atoms with Gasteiger partial charge in [-0.1, -0.05) is 12.1 Å². The fraction of sp³-hybridized carbons (Fsp3) is 0.312. The third-order valence-corrected chi connectivity index (χ3v) is 4.77. The van der Waals surface area contributed by atoms with Crippen LogP contribution >= 0.6 is 23.1 Å². The van der Waals surface area contributed by atoms with Crippen LogP contribution in [-0.2, 0) is 13.0 Å². The smallest absolute Gasteiger partial charge is 0.170 e. The Labute approximate surface area is 143 Å². The van der Waals surface area contributed by atoms with Crippen LogP contribution in [0.1, 0.15) is 11.4 Å². The number of hydrogen-bond donors (Lipinski definition) is 0. The minimum Gasteiger partial charge on any atom is -0.497 e. The zero-order chi connectivity index (χ0) is 16.1. The van der Waals surface area contributed by atoms with E-state index >= 15 is 0 Å². The highest BCUT2D eigenvalue weighted by atomic mass is 32.2. The van der Waals surface area contributed by atoms with E-state index in [1.807, 2.05) is 28.5 Å². The fourth-order valence-electron chi connectivity index (χ4n) is 2.21. The molecule has 0 aliphatic heterocycles. The van der Waals surface area contributed by atoms with E-state index in [1.165, 1.54) is 0 Å². The Morgan fingerprint density at radius 1 is 1.26 bits per heavy atom. The predicted octanol–water partition coefficient (Wildman–Crippen LogP) is 3.36. The van der Waals surface area contributed by atoms with Crippen LogP contribution in [0.4, 0.5) is 0 Å². The number of hydrogen-bond acceptors (Lipinski definition) is 6. The SMILES string of the molecule is COc1ccc(Cn2nc(CCSC)nc2-c2cncs2)cc1. The van der Waals surface area contributed by atoms with Crippen LogP contribution in [-0.4, -0.2) is 38.9 Å². The highest BCUT2D eigenvalue weighted by Crippen LogP contribution is 2.23. The van der Waals surface area contributed by atoms with E-state index in [-0.39, 0.29) is 0 Å². The molecule has 0 aliphatic carbocycles. The third-order valence-electron chi connectivity index (χ3n) is 3.39. The first-order chi connectivity index (χ1) is 11.3. The van der Waals surface area contributed by atoms with Crippen molar-refractivity contribution in [2.75, 3.05) is 19.1 Å². The van der Waals surface area contributed by atoms with Gasteiger partial charge in [-0.2, -0.15) is 16.9 Å². The molecule has 0 atom stereocenters. The van der Waals surface area contributed by atoms with Crippen molar-refractivity contribution in [3.8, 4) is 16.5 Å². The van der Waals surface area contributed by atoms with E-state index in [4.69, 9.17) is 9.72 Å². The van der Waals surface area contributed by atoms with E-state index in [2.05, 4.69) is 28.5 Å². The van der Waals surface area contributed by atoms with Crippen LogP contribution in [0.3, 0.4) is 0 Å². The molecule has 7 heteroatoms. The lowest BCUT2D eigenvalue weighted by molar-refractivity contribution is 0.414. The number of nitrogens with zero attached hydrogens (tertiary/aromatic N) is 4. The van der Waals surface area contributed by atoms with Crippen LogP contribution in [0, 0.1) is 0 Å². The van der Waals surface area contributed by atoms with Crippen LogP contribution in [0.2, 0.25) is 0 Å². The summed E-state index contributed by atoms with van der Waals surface area (Å²) in [4.78, 5) is 9.90. The number of aryl methyl sites for hydroxylation is 1. The van der Waals surface area contributed by atoms with Gasteiger partial charge in [-0.25, -0.2) is 9.67 Å². The van der Waals surface area contributed by atoms with Gasteiger partial charge >= 0.3 is 0 Å². The summed E-state index contributed by atoms with van der Waals surface area (Å²) in [5, 5.41) is 4.68. The lowest BCUT2D eigenvalue weighted by atomic mass is 10.2. The van der Waals surface area contributed by atoms with Gasteiger partial charge in [0.25, 0.3) is 0 Å². The second-order valence-electron chi connectivity index (χ2n) is 4.97. The summed E-state index contributed by atoms with van der Waals surface area (Å²) < 4.78 is 7.17. The number of rotatable bonds is 7. The van der Waals surface area contributed by atoms with Crippen LogP contribution in [0.5, 0.6) is 5.75 Å². The van der Waals surface area contributed by atoms with E-state index in [1.54, 1.807) is 30.2 Å². The maximum atomic E-state index is 5.21. The van der Waals surface area contributed by atoms with Crippen molar-refractivity contribution in [1.29, 1.82) is 0 Å². The monoisotopic (exact) mass is 346 g/mol. The standard InChI is InChI=1S/C16H18N4OS2/c1-21-13-5-3-12(4-6-13)10-20-16(14-9-17-11-23-14)18-15(19-20)7-8-22-2/h3-6,9,11H,7-8,10H2,1-2H3. The van der Waals surface area contributed by atoms with Crippen molar-refractivity contribution in [3.05, 3.63) is 47.4 Å². The molecule has 2 heterocycles. The molecular formula is C16H18N4OS2. The van der Waals surface area contributed by atoms with Crippen molar-refractivity contribution in [2.45, 2.75) is 13.0 Å². The average molecular weight is 346 g/mol. The van der Waals surface area contributed by atoms with Gasteiger partial charge < -0.3 is 4.74 Å². The minimum absolute atomic E-state index is 0.684. The Kier molecular flexibility index (Phi) is 5.30. The lowest BCUT2D eigenvalue weighted by Gasteiger charge is -2.06. The van der Waals surface area contributed by atoms with Gasteiger partial charge in [0.2, 0.25) is 0 Å². The normalized spacial score (nSPS) is 10.9. The maximum Gasteiger partial charge on any atom is 0.170 e. The van der Waals surface area contributed by atoms with E-state index in [9.17, 15) is 0 Å². The van der Waals surface area contributed by atoms with Crippen molar-refractivity contribution in [2.24, 2.45) is 0 Å². The van der Waals surface area contributed by atoms with Crippen LogP contribution in [0.15, 0.2) is 36.0 Å². The van der Waals surface area contributed by atoms with Crippen molar-refractivity contribution < 1.29 is 4.74 Å². The molecule has 1 aromatic carbocycles. The Bertz CT molecular complexity index is 738. The predicted molar refractivity (Wildman–Crippen MR) is 95.3 cm³/mol. The van der Waals surface area contributed by atoms with Gasteiger partial charge in [0.15, 0.2) is 11.6 Å². The molecule has 23 heavy (non-hydrogen) atoms. The highest BCUT2D eigenvalue weighted by molar-refractivity contribution is 7.98. The molecule has 0 spiro atoms. The molecule has 2 aromatic heterocycles. The van der Waals surface area contributed by atoms with Gasteiger partial charge in [-0.3, -0.25) is 4.98 Å². The molecule has 0 aliphatic rings. The Morgan fingerprint density at radius 2 is 2.09 bits per heavy atom. The Balaban J connectivity index is 1.87. The molecule has 0 radical (unpaired) electrons. The van der Waals surface area contributed by atoms with Gasteiger partial charge in [-0.05, 0) is 24.0 Å².